The molecule has 114 valence electrons. The molecular weight excluding hydrogens is 310 g/mol. The van der Waals surface area contributed by atoms with Crippen molar-refractivity contribution >= 4 is 26.0 Å². The van der Waals surface area contributed by atoms with Crippen LogP contribution in [0.4, 0.5) is 0 Å². The lowest BCUT2D eigenvalue weighted by Crippen LogP contribution is -2.46. The van der Waals surface area contributed by atoms with Crippen molar-refractivity contribution in [2.24, 2.45) is 0 Å². The topological polar surface area (TPSA) is 116 Å². The highest BCUT2D eigenvalue weighted by Crippen LogP contribution is 2.13. The van der Waals surface area contributed by atoms with Gasteiger partial charge in [-0.15, -0.1) is 0 Å². The third-order valence-electron chi connectivity index (χ3n) is 2.12. The first-order chi connectivity index (χ1) is 9.00. The second kappa shape index (κ2) is 5.40. The van der Waals surface area contributed by atoms with Crippen molar-refractivity contribution in [3.63, 3.8) is 0 Å². The molecule has 0 unspecified atom stereocenters. The third-order valence-corrected chi connectivity index (χ3v) is 5.21. The van der Waals surface area contributed by atoms with E-state index < -0.39 is 26.0 Å². The molecule has 20 heavy (non-hydrogen) atoms. The number of nitrogens with zero attached hydrogens (tertiary/aromatic N) is 3. The number of imidazole rings is 1. The number of aromatic nitrogens is 2. The Labute approximate surface area is 117 Å². The average Bonchev–Trinajstić information content (AvgIpc) is 2.57. The minimum Gasteiger partial charge on any atom is -0.461 e. The molecule has 0 radical (unpaired) electrons. The van der Waals surface area contributed by atoms with Crippen LogP contribution in [0, 0.1) is 6.92 Å². The lowest BCUT2D eigenvalue weighted by Gasteiger charge is -2.22. The van der Waals surface area contributed by atoms with Gasteiger partial charge in [-0.25, -0.2) is 31.3 Å². The van der Waals surface area contributed by atoms with E-state index in [0.29, 0.717) is 17.2 Å². The Bertz CT molecular complexity index is 687. The summed E-state index contributed by atoms with van der Waals surface area (Å²) < 4.78 is 52.4. The minimum atomic E-state index is -4.18. The highest BCUT2D eigenvalue weighted by Gasteiger charge is 2.32. The second-order valence-corrected chi connectivity index (χ2v) is 7.78. The molecule has 0 bridgehead atoms. The Balaban J connectivity index is 3.59. The first kappa shape index (κ1) is 16.4. The molecule has 0 fully saturated rings. The van der Waals surface area contributed by atoms with Gasteiger partial charge in [-0.1, -0.05) is 3.82 Å². The van der Waals surface area contributed by atoms with Crippen molar-refractivity contribution in [3.8, 4) is 0 Å². The molecule has 0 atom stereocenters. The van der Waals surface area contributed by atoms with E-state index in [-0.39, 0.29) is 21.9 Å². The molecule has 0 spiro atoms. The quantitative estimate of drug-likeness (QED) is 0.652. The highest BCUT2D eigenvalue weighted by atomic mass is 32.3. The van der Waals surface area contributed by atoms with Crippen molar-refractivity contribution in [1.29, 1.82) is 0 Å². The lowest BCUT2D eigenvalue weighted by atomic mass is 10.5. The lowest BCUT2D eigenvalue weighted by molar-refractivity contribution is 0.0515. The van der Waals surface area contributed by atoms with Crippen LogP contribution >= 0.6 is 0 Å². The van der Waals surface area contributed by atoms with Gasteiger partial charge in [0, 0.05) is 0 Å². The average molecular weight is 325 g/mol. The summed E-state index contributed by atoms with van der Waals surface area (Å²) in [4.78, 5) is 15.5. The number of sulfonamides is 2. The Kier molecular flexibility index (Phi) is 4.44. The monoisotopic (exact) mass is 325 g/mol. The number of carbonyl (C=O) groups excluding carboxylic acids is 1. The van der Waals surface area contributed by atoms with Gasteiger partial charge in [0.15, 0.2) is 5.69 Å². The Morgan fingerprint density at radius 2 is 1.80 bits per heavy atom. The molecule has 0 N–H and O–H groups in total. The molecule has 1 aromatic heterocycles. The number of hydrogen-bond acceptors (Lipinski definition) is 7. The van der Waals surface area contributed by atoms with Gasteiger partial charge >= 0.3 is 5.97 Å². The van der Waals surface area contributed by atoms with Gasteiger partial charge in [0.1, 0.15) is 5.82 Å². The van der Waals surface area contributed by atoms with E-state index in [1.807, 2.05) is 0 Å². The van der Waals surface area contributed by atoms with Crippen LogP contribution in [0.2, 0.25) is 0 Å². The number of ether oxygens (including phenoxy) is 1. The molecule has 0 aliphatic carbocycles. The predicted octanol–water partition coefficient (Wildman–Crippen LogP) is -0.775. The van der Waals surface area contributed by atoms with Gasteiger partial charge in [-0.2, -0.15) is 0 Å². The van der Waals surface area contributed by atoms with Crippen molar-refractivity contribution in [2.75, 3.05) is 22.9 Å². The van der Waals surface area contributed by atoms with Crippen LogP contribution in [0.1, 0.15) is 23.2 Å². The summed E-state index contributed by atoms with van der Waals surface area (Å²) in [5.41, 5.74) is -0.291. The summed E-state index contributed by atoms with van der Waals surface area (Å²) in [6, 6.07) is 0. The highest BCUT2D eigenvalue weighted by molar-refractivity contribution is 8.09. The molecule has 0 aliphatic heterocycles. The van der Waals surface area contributed by atoms with E-state index in [4.69, 9.17) is 4.74 Å². The van der Waals surface area contributed by atoms with Crippen molar-refractivity contribution < 1.29 is 26.4 Å². The fourth-order valence-electron chi connectivity index (χ4n) is 1.53. The number of aryl methyl sites for hydroxylation is 1. The van der Waals surface area contributed by atoms with Crippen LogP contribution in [0.15, 0.2) is 6.20 Å². The van der Waals surface area contributed by atoms with E-state index in [1.165, 1.54) is 6.92 Å². The number of esters is 1. The Morgan fingerprint density at radius 1 is 1.30 bits per heavy atom. The second-order valence-electron chi connectivity index (χ2n) is 3.93. The van der Waals surface area contributed by atoms with Gasteiger partial charge in [0.2, 0.25) is 0 Å². The van der Waals surface area contributed by atoms with E-state index >= 15 is 0 Å². The molecule has 0 amide bonds. The zero-order valence-electron chi connectivity index (χ0n) is 11.4. The van der Waals surface area contributed by atoms with Gasteiger partial charge < -0.3 is 4.74 Å². The van der Waals surface area contributed by atoms with E-state index in [0.717, 1.165) is 6.20 Å². The molecule has 1 aromatic rings. The van der Waals surface area contributed by atoms with Crippen LogP contribution in [0.3, 0.4) is 0 Å². The van der Waals surface area contributed by atoms with Crippen molar-refractivity contribution in [2.45, 2.75) is 13.8 Å². The van der Waals surface area contributed by atoms with Gasteiger partial charge in [0.25, 0.3) is 20.0 Å². The number of hydrogen-bond donors (Lipinski definition) is 0. The zero-order valence-corrected chi connectivity index (χ0v) is 13.0. The van der Waals surface area contributed by atoms with E-state index in [9.17, 15) is 21.6 Å². The Morgan fingerprint density at radius 3 is 2.20 bits per heavy atom. The van der Waals surface area contributed by atoms with Gasteiger partial charge in [0.05, 0.1) is 25.3 Å². The molecule has 0 saturated heterocycles. The third kappa shape index (κ3) is 3.28. The first-order valence-corrected chi connectivity index (χ1v) is 9.12. The standard InChI is InChI=1S/C9H15N3O6S2/c1-5-18-9(13)8-6-10-7(2)11(8)12(19(3,14)15)20(4,16)17/h6H,5H2,1-4H3. The van der Waals surface area contributed by atoms with Crippen LogP contribution in [0.25, 0.3) is 0 Å². The fraction of sp³-hybridized carbons (Fsp3) is 0.556. The number of carbonyl (C=O) groups is 1. The maximum Gasteiger partial charge on any atom is 0.358 e. The summed E-state index contributed by atoms with van der Waals surface area (Å²) in [7, 11) is -8.36. The molecule has 1 heterocycles. The van der Waals surface area contributed by atoms with Crippen molar-refractivity contribution in [1.82, 2.24) is 9.66 Å². The van der Waals surface area contributed by atoms with Gasteiger partial charge in [-0.05, 0) is 13.8 Å². The van der Waals surface area contributed by atoms with E-state index in [1.54, 1.807) is 6.92 Å². The number of rotatable bonds is 5. The van der Waals surface area contributed by atoms with Crippen LogP contribution in [0.5, 0.6) is 0 Å². The predicted molar refractivity (Wildman–Crippen MR) is 70.8 cm³/mol. The van der Waals surface area contributed by atoms with Crippen LogP contribution in [-0.2, 0) is 24.8 Å². The molecule has 9 nitrogen and oxygen atoms in total. The zero-order chi connectivity index (χ0) is 15.7. The largest absolute Gasteiger partial charge is 0.461 e. The maximum absolute atomic E-state index is 11.7. The summed E-state index contributed by atoms with van der Waals surface area (Å²) in [5.74, 6) is -0.852. The first-order valence-electron chi connectivity index (χ1n) is 5.42. The molecule has 0 aliphatic rings. The molecule has 0 saturated carbocycles. The van der Waals surface area contributed by atoms with E-state index in [2.05, 4.69) is 4.98 Å². The SMILES string of the molecule is CCOC(=O)c1cnc(C)n1N(S(C)(=O)=O)S(C)(=O)=O. The summed E-state index contributed by atoms with van der Waals surface area (Å²) in [6.45, 7) is 2.99. The molecule has 0 aromatic carbocycles. The van der Waals surface area contributed by atoms with Crippen LogP contribution < -0.4 is 3.82 Å². The summed E-state index contributed by atoms with van der Waals surface area (Å²) in [5, 5.41) is 0. The minimum absolute atomic E-state index is 0.0175. The van der Waals surface area contributed by atoms with Gasteiger partial charge in [-0.3, -0.25) is 0 Å². The molecule has 1 rings (SSSR count). The normalized spacial score (nSPS) is 12.2. The summed E-state index contributed by atoms with van der Waals surface area (Å²) in [6.07, 6.45) is 2.47. The Hall–Kier alpha value is -1.62. The van der Waals surface area contributed by atoms with Crippen molar-refractivity contribution in [3.05, 3.63) is 17.7 Å². The maximum atomic E-state index is 11.7. The molecule has 11 heteroatoms. The fourth-order valence-corrected chi connectivity index (χ4v) is 4.50. The summed E-state index contributed by atoms with van der Waals surface area (Å²) >= 11 is 0. The van der Waals surface area contributed by atoms with Crippen LogP contribution in [-0.4, -0.2) is 51.6 Å². The molecular formula is C9H15N3O6S2. The smallest absolute Gasteiger partial charge is 0.358 e.